The Morgan fingerprint density at radius 1 is 1.41 bits per heavy atom. The van der Waals surface area contributed by atoms with Crippen molar-refractivity contribution in [3.05, 3.63) is 53.1 Å². The monoisotopic (exact) mass is 293 g/mol. The van der Waals surface area contributed by atoms with Crippen molar-refractivity contribution in [1.82, 2.24) is 9.97 Å². The number of aryl methyl sites for hydroxylation is 1. The molecule has 3 rings (SSSR count). The average Bonchev–Trinajstić information content (AvgIpc) is 3.00. The van der Waals surface area contributed by atoms with Gasteiger partial charge in [-0.15, -0.1) is 6.42 Å². The first-order valence-electron chi connectivity index (χ1n) is 6.59. The van der Waals surface area contributed by atoms with Crippen LogP contribution in [0, 0.1) is 25.1 Å². The van der Waals surface area contributed by atoms with E-state index in [4.69, 9.17) is 6.42 Å². The van der Waals surface area contributed by atoms with Crippen molar-refractivity contribution < 1.29 is 9.18 Å². The van der Waals surface area contributed by atoms with Crippen LogP contribution in [0.3, 0.4) is 0 Å². The number of anilines is 2. The predicted octanol–water partition coefficient (Wildman–Crippen LogP) is 3.55. The summed E-state index contributed by atoms with van der Waals surface area (Å²) in [6.45, 7) is 1.86. The van der Waals surface area contributed by atoms with Crippen LogP contribution < -0.4 is 5.32 Å². The summed E-state index contributed by atoms with van der Waals surface area (Å²) in [6.07, 6.45) is 7.35. The molecule has 4 nitrogen and oxygen atoms in total. The van der Waals surface area contributed by atoms with Crippen molar-refractivity contribution in [1.29, 1.82) is 0 Å². The molecule has 2 N–H and O–H groups in total. The molecule has 0 radical (unpaired) electrons. The largest absolute Gasteiger partial charge is 0.352 e. The van der Waals surface area contributed by atoms with E-state index in [1.54, 1.807) is 18.2 Å². The van der Waals surface area contributed by atoms with Gasteiger partial charge in [0.25, 0.3) is 0 Å². The molecule has 1 aromatic heterocycles. The van der Waals surface area contributed by atoms with Gasteiger partial charge in [-0.1, -0.05) is 5.92 Å². The Bertz CT molecular complexity index is 922. The zero-order valence-electron chi connectivity index (χ0n) is 11.8. The minimum absolute atomic E-state index is 0.103. The number of hydrogen-bond acceptors (Lipinski definition) is 3. The number of benzene rings is 2. The van der Waals surface area contributed by atoms with Crippen molar-refractivity contribution in [2.75, 3.05) is 5.32 Å². The number of aromatic amines is 1. The third-order valence-corrected chi connectivity index (χ3v) is 3.46. The molecule has 0 saturated heterocycles. The number of H-pyrrole nitrogens is 1. The van der Waals surface area contributed by atoms with Gasteiger partial charge in [-0.2, -0.15) is 0 Å². The van der Waals surface area contributed by atoms with Crippen LogP contribution >= 0.6 is 0 Å². The second-order valence-electron chi connectivity index (χ2n) is 4.87. The Kier molecular flexibility index (Phi) is 3.36. The van der Waals surface area contributed by atoms with Gasteiger partial charge >= 0.3 is 0 Å². The normalized spacial score (nSPS) is 10.4. The lowest BCUT2D eigenvalue weighted by Crippen LogP contribution is -2.01. The Morgan fingerprint density at radius 2 is 2.23 bits per heavy atom. The van der Waals surface area contributed by atoms with E-state index in [2.05, 4.69) is 21.2 Å². The van der Waals surface area contributed by atoms with E-state index in [1.165, 1.54) is 6.33 Å². The number of carbonyl (C=O) groups excluding carboxylic acids is 1. The van der Waals surface area contributed by atoms with Gasteiger partial charge in [0.05, 0.1) is 17.5 Å². The maximum Gasteiger partial charge on any atom is 0.175 e. The molecule has 0 fully saturated rings. The van der Waals surface area contributed by atoms with E-state index in [1.807, 2.05) is 13.0 Å². The van der Waals surface area contributed by atoms with Crippen LogP contribution in [0.1, 0.15) is 21.5 Å². The third kappa shape index (κ3) is 2.21. The van der Waals surface area contributed by atoms with Gasteiger partial charge in [0.2, 0.25) is 0 Å². The Labute approximate surface area is 126 Å². The summed E-state index contributed by atoms with van der Waals surface area (Å²) in [5.41, 5.74) is 3.25. The standard InChI is InChI=1S/C17H12FN3O/c1-3-11-4-5-13(10(2)6-11)21-16-12(8-22)7-14-17(15(16)18)20-9-19-14/h1,4-9,21H,2H3,(H,19,20). The number of carbonyl (C=O) groups is 1. The second-order valence-corrected chi connectivity index (χ2v) is 4.87. The number of aromatic nitrogens is 2. The van der Waals surface area contributed by atoms with Crippen LogP contribution in [-0.2, 0) is 0 Å². The van der Waals surface area contributed by atoms with Crippen molar-refractivity contribution in [3.8, 4) is 12.3 Å². The summed E-state index contributed by atoms with van der Waals surface area (Å²) in [4.78, 5) is 18.0. The number of terminal acetylenes is 1. The lowest BCUT2D eigenvalue weighted by Gasteiger charge is -2.13. The molecule has 5 heteroatoms. The summed E-state index contributed by atoms with van der Waals surface area (Å²) in [6, 6.07) is 6.88. The highest BCUT2D eigenvalue weighted by molar-refractivity contribution is 5.94. The van der Waals surface area contributed by atoms with E-state index < -0.39 is 5.82 Å². The summed E-state index contributed by atoms with van der Waals surface area (Å²) >= 11 is 0. The molecule has 0 atom stereocenters. The van der Waals surface area contributed by atoms with Crippen LogP contribution in [0.2, 0.25) is 0 Å². The summed E-state index contributed by atoms with van der Waals surface area (Å²) < 4.78 is 14.6. The fourth-order valence-electron chi connectivity index (χ4n) is 2.31. The SMILES string of the molecule is C#Cc1ccc(Nc2c(C=O)cc3[nH]cnc3c2F)c(C)c1. The molecule has 0 aliphatic heterocycles. The fourth-order valence-corrected chi connectivity index (χ4v) is 2.31. The van der Waals surface area contributed by atoms with E-state index in [9.17, 15) is 9.18 Å². The molecular formula is C17H12FN3O. The minimum atomic E-state index is -0.568. The van der Waals surface area contributed by atoms with Crippen LogP contribution in [0.4, 0.5) is 15.8 Å². The first-order chi connectivity index (χ1) is 10.6. The number of imidazole rings is 1. The highest BCUT2D eigenvalue weighted by Crippen LogP contribution is 2.30. The number of halogens is 1. The summed E-state index contributed by atoms with van der Waals surface area (Å²) in [5.74, 6) is 1.97. The number of aldehydes is 1. The van der Waals surface area contributed by atoms with Gasteiger partial charge in [-0.25, -0.2) is 9.37 Å². The van der Waals surface area contributed by atoms with Crippen molar-refractivity contribution >= 4 is 28.7 Å². The predicted molar refractivity (Wildman–Crippen MR) is 83.8 cm³/mol. The van der Waals surface area contributed by atoms with Crippen LogP contribution in [0.25, 0.3) is 11.0 Å². The molecule has 2 aromatic carbocycles. The molecule has 22 heavy (non-hydrogen) atoms. The lowest BCUT2D eigenvalue weighted by atomic mass is 10.1. The Hall–Kier alpha value is -3.13. The van der Waals surface area contributed by atoms with Gasteiger partial charge in [-0.05, 0) is 36.8 Å². The van der Waals surface area contributed by atoms with Crippen LogP contribution in [0.15, 0.2) is 30.6 Å². The smallest absolute Gasteiger partial charge is 0.175 e. The van der Waals surface area contributed by atoms with Crippen molar-refractivity contribution in [3.63, 3.8) is 0 Å². The molecule has 0 spiro atoms. The van der Waals surface area contributed by atoms with Gasteiger partial charge < -0.3 is 10.3 Å². The maximum absolute atomic E-state index is 14.6. The second kappa shape index (κ2) is 5.34. The van der Waals surface area contributed by atoms with E-state index in [0.29, 0.717) is 17.5 Å². The zero-order chi connectivity index (χ0) is 15.7. The molecule has 108 valence electrons. The number of nitrogens with one attached hydrogen (secondary N) is 2. The van der Waals surface area contributed by atoms with E-state index in [0.717, 1.165) is 11.1 Å². The van der Waals surface area contributed by atoms with Gasteiger partial charge in [-0.3, -0.25) is 4.79 Å². The maximum atomic E-state index is 14.6. The van der Waals surface area contributed by atoms with E-state index in [-0.39, 0.29) is 16.8 Å². The molecule has 0 amide bonds. The van der Waals surface area contributed by atoms with Gasteiger partial charge in [0.1, 0.15) is 5.52 Å². The van der Waals surface area contributed by atoms with Crippen molar-refractivity contribution in [2.45, 2.75) is 6.92 Å². The highest BCUT2D eigenvalue weighted by Gasteiger charge is 2.16. The molecule has 3 aromatic rings. The number of fused-ring (bicyclic) bond motifs is 1. The molecule has 0 aliphatic carbocycles. The third-order valence-electron chi connectivity index (χ3n) is 3.46. The zero-order valence-corrected chi connectivity index (χ0v) is 11.8. The van der Waals surface area contributed by atoms with E-state index >= 15 is 0 Å². The molecule has 0 saturated carbocycles. The first kappa shape index (κ1) is 13.8. The number of hydrogen-bond donors (Lipinski definition) is 2. The van der Waals surface area contributed by atoms with Crippen molar-refractivity contribution in [2.24, 2.45) is 0 Å². The molecule has 0 bridgehead atoms. The minimum Gasteiger partial charge on any atom is -0.352 e. The quantitative estimate of drug-likeness (QED) is 0.573. The summed E-state index contributed by atoms with van der Waals surface area (Å²) in [7, 11) is 0. The topological polar surface area (TPSA) is 57.8 Å². The molecular weight excluding hydrogens is 281 g/mol. The number of rotatable bonds is 3. The summed E-state index contributed by atoms with van der Waals surface area (Å²) in [5, 5.41) is 2.96. The van der Waals surface area contributed by atoms with Gasteiger partial charge in [0, 0.05) is 16.8 Å². The molecule has 1 heterocycles. The van der Waals surface area contributed by atoms with Crippen LogP contribution in [-0.4, -0.2) is 16.3 Å². The molecule has 0 unspecified atom stereocenters. The molecule has 0 aliphatic rings. The van der Waals surface area contributed by atoms with Crippen LogP contribution in [0.5, 0.6) is 0 Å². The Morgan fingerprint density at radius 3 is 2.91 bits per heavy atom. The highest BCUT2D eigenvalue weighted by atomic mass is 19.1. The lowest BCUT2D eigenvalue weighted by molar-refractivity contribution is 0.112. The Balaban J connectivity index is 2.12. The van der Waals surface area contributed by atoms with Gasteiger partial charge in [0.15, 0.2) is 12.1 Å². The average molecular weight is 293 g/mol. The fraction of sp³-hybridized carbons (Fsp3) is 0.0588. The number of nitrogens with zero attached hydrogens (tertiary/aromatic N) is 1. The first-order valence-corrected chi connectivity index (χ1v) is 6.59.